The number of hydrogen-bond acceptors (Lipinski definition) is 3. The van der Waals surface area contributed by atoms with Crippen molar-refractivity contribution >= 4 is 22.5 Å². The molecule has 0 aliphatic carbocycles. The number of carbonyl (C=O) groups is 1. The molecule has 0 bridgehead atoms. The van der Waals surface area contributed by atoms with Gasteiger partial charge in [0.1, 0.15) is 5.82 Å². The van der Waals surface area contributed by atoms with E-state index in [-0.39, 0.29) is 11.1 Å². The van der Waals surface area contributed by atoms with E-state index in [2.05, 4.69) is 16.8 Å². The number of rotatable bonds is 1. The second kappa shape index (κ2) is 4.16. The molecule has 0 saturated carbocycles. The third-order valence-electron chi connectivity index (χ3n) is 5.11. The highest BCUT2D eigenvalue weighted by Gasteiger charge is 2.45. The van der Waals surface area contributed by atoms with Crippen molar-refractivity contribution in [3.63, 3.8) is 0 Å². The van der Waals surface area contributed by atoms with E-state index in [4.69, 9.17) is 11.1 Å². The molecule has 0 radical (unpaired) electrons. The Labute approximate surface area is 126 Å². The van der Waals surface area contributed by atoms with E-state index in [9.17, 15) is 9.18 Å². The third kappa shape index (κ3) is 1.56. The number of aromatic nitrogens is 1. The fraction of sp³-hybridized carbons (Fsp3) is 0.375. The Morgan fingerprint density at radius 2 is 2.27 bits per heavy atom. The molecule has 2 aliphatic rings. The first-order valence-corrected chi connectivity index (χ1v) is 7.40. The van der Waals surface area contributed by atoms with Crippen molar-refractivity contribution in [1.82, 2.24) is 9.88 Å². The molecule has 1 aromatic carbocycles. The molecule has 1 saturated heterocycles. The number of nitrogens with zero attached hydrogens (tertiary/aromatic N) is 1. The minimum Gasteiger partial charge on any atom is -0.366 e. The summed E-state index contributed by atoms with van der Waals surface area (Å²) in [7, 11) is 0. The molecule has 0 unspecified atom stereocenters. The summed E-state index contributed by atoms with van der Waals surface area (Å²) < 4.78 is 13.8. The summed E-state index contributed by atoms with van der Waals surface area (Å²) in [5.41, 5.74) is 8.01. The summed E-state index contributed by atoms with van der Waals surface area (Å²) >= 11 is 0. The van der Waals surface area contributed by atoms with Gasteiger partial charge in [0.25, 0.3) is 0 Å². The maximum Gasteiger partial charge on any atom is 0.249 e. The van der Waals surface area contributed by atoms with Crippen molar-refractivity contribution in [3.05, 3.63) is 34.8 Å². The number of halogens is 1. The van der Waals surface area contributed by atoms with Crippen LogP contribution in [0.1, 0.15) is 41.4 Å². The summed E-state index contributed by atoms with van der Waals surface area (Å²) in [6.07, 6.45) is 2.05. The van der Waals surface area contributed by atoms with Crippen LogP contribution < -0.4 is 5.73 Å². The SMILES string of the molecule is C[C@]12CCCN1CC(=N)c1c2[nH]c2cc(F)cc(C(N)=O)c12. The lowest BCUT2D eigenvalue weighted by Crippen LogP contribution is -2.46. The Morgan fingerprint density at radius 3 is 3.00 bits per heavy atom. The number of fused-ring (bicyclic) bond motifs is 5. The van der Waals surface area contributed by atoms with Crippen LogP contribution in [0.15, 0.2) is 12.1 Å². The number of aromatic amines is 1. The monoisotopic (exact) mass is 300 g/mol. The van der Waals surface area contributed by atoms with E-state index in [0.717, 1.165) is 36.7 Å². The molecule has 1 atom stereocenters. The minimum absolute atomic E-state index is 0.146. The first kappa shape index (κ1) is 13.5. The van der Waals surface area contributed by atoms with Gasteiger partial charge in [-0.2, -0.15) is 0 Å². The summed E-state index contributed by atoms with van der Waals surface area (Å²) in [6.45, 7) is 3.64. The zero-order valence-corrected chi connectivity index (χ0v) is 12.3. The number of primary amides is 1. The molecule has 2 aromatic rings. The van der Waals surface area contributed by atoms with Crippen molar-refractivity contribution < 1.29 is 9.18 Å². The van der Waals surface area contributed by atoms with Crippen LogP contribution in [0.3, 0.4) is 0 Å². The quantitative estimate of drug-likeness (QED) is 0.753. The molecule has 0 spiro atoms. The lowest BCUT2D eigenvalue weighted by molar-refractivity contribution is 0.100. The highest BCUT2D eigenvalue weighted by molar-refractivity contribution is 6.18. The Hall–Kier alpha value is -2.21. The molecular weight excluding hydrogens is 283 g/mol. The highest BCUT2D eigenvalue weighted by Crippen LogP contribution is 2.45. The number of carbonyl (C=O) groups excluding carboxylic acids is 1. The van der Waals surface area contributed by atoms with Crippen LogP contribution in [-0.4, -0.2) is 34.6 Å². The first-order chi connectivity index (χ1) is 10.4. The van der Waals surface area contributed by atoms with E-state index in [0.29, 0.717) is 23.2 Å². The molecule has 22 heavy (non-hydrogen) atoms. The van der Waals surface area contributed by atoms with Gasteiger partial charge >= 0.3 is 0 Å². The number of nitrogens with one attached hydrogen (secondary N) is 2. The Bertz CT molecular complexity index is 840. The van der Waals surface area contributed by atoms with E-state index in [1.807, 2.05) is 0 Å². The van der Waals surface area contributed by atoms with Crippen LogP contribution in [0.2, 0.25) is 0 Å². The van der Waals surface area contributed by atoms with Gasteiger partial charge in [-0.3, -0.25) is 9.69 Å². The molecule has 114 valence electrons. The van der Waals surface area contributed by atoms with Crippen molar-refractivity contribution in [2.24, 2.45) is 5.73 Å². The molecular formula is C16H17FN4O. The molecule has 1 amide bonds. The molecule has 4 N–H and O–H groups in total. The largest absolute Gasteiger partial charge is 0.366 e. The van der Waals surface area contributed by atoms with Crippen molar-refractivity contribution in [1.29, 1.82) is 5.41 Å². The van der Waals surface area contributed by atoms with Gasteiger partial charge in [-0.15, -0.1) is 0 Å². The van der Waals surface area contributed by atoms with Gasteiger partial charge in [0.05, 0.1) is 22.3 Å². The summed E-state index contributed by atoms with van der Waals surface area (Å²) in [5.74, 6) is -1.17. The Balaban J connectivity index is 2.11. The number of amides is 1. The summed E-state index contributed by atoms with van der Waals surface area (Å²) in [4.78, 5) is 17.3. The number of benzene rings is 1. The predicted octanol–water partition coefficient (Wildman–Crippen LogP) is 2.10. The molecule has 2 aliphatic heterocycles. The van der Waals surface area contributed by atoms with Crippen LogP contribution in [-0.2, 0) is 5.54 Å². The lowest BCUT2D eigenvalue weighted by Gasteiger charge is -2.39. The van der Waals surface area contributed by atoms with Crippen LogP contribution >= 0.6 is 0 Å². The van der Waals surface area contributed by atoms with Gasteiger partial charge < -0.3 is 16.1 Å². The molecule has 3 heterocycles. The zero-order chi connectivity index (χ0) is 15.6. The maximum atomic E-state index is 13.8. The lowest BCUT2D eigenvalue weighted by atomic mass is 9.85. The average Bonchev–Trinajstić information content (AvgIpc) is 3.00. The summed E-state index contributed by atoms with van der Waals surface area (Å²) in [6, 6.07) is 2.53. The van der Waals surface area contributed by atoms with E-state index < -0.39 is 11.7 Å². The van der Waals surface area contributed by atoms with Crippen molar-refractivity contribution in [2.45, 2.75) is 25.3 Å². The van der Waals surface area contributed by atoms with Crippen LogP contribution in [0.5, 0.6) is 0 Å². The van der Waals surface area contributed by atoms with Crippen LogP contribution in [0.25, 0.3) is 10.9 Å². The molecule has 1 fully saturated rings. The predicted molar refractivity (Wildman–Crippen MR) is 81.8 cm³/mol. The smallest absolute Gasteiger partial charge is 0.249 e. The highest BCUT2D eigenvalue weighted by atomic mass is 19.1. The maximum absolute atomic E-state index is 13.8. The van der Waals surface area contributed by atoms with E-state index in [1.165, 1.54) is 6.07 Å². The van der Waals surface area contributed by atoms with Crippen molar-refractivity contribution in [2.75, 3.05) is 13.1 Å². The van der Waals surface area contributed by atoms with Gasteiger partial charge in [-0.05, 0) is 38.4 Å². The van der Waals surface area contributed by atoms with Gasteiger partial charge in [0, 0.05) is 23.2 Å². The normalized spacial score (nSPS) is 24.5. The average molecular weight is 300 g/mol. The summed E-state index contributed by atoms with van der Waals surface area (Å²) in [5, 5.41) is 8.98. The Kier molecular flexibility index (Phi) is 2.55. The Morgan fingerprint density at radius 1 is 1.50 bits per heavy atom. The topological polar surface area (TPSA) is 86.0 Å². The van der Waals surface area contributed by atoms with Crippen LogP contribution in [0.4, 0.5) is 4.39 Å². The number of nitrogens with two attached hydrogens (primary N) is 1. The second-order valence-corrected chi connectivity index (χ2v) is 6.39. The standard InChI is InChI=1S/C16H17FN4O/c1-16-3-2-4-21(16)7-10(18)13-12-9(15(19)22)5-8(17)6-11(12)20-14(13)16/h5-6,18,20H,2-4,7H2,1H3,(H2,19,22)/t16-/m1/s1. The van der Waals surface area contributed by atoms with Gasteiger partial charge in [-0.1, -0.05) is 0 Å². The molecule has 6 heteroatoms. The third-order valence-corrected chi connectivity index (χ3v) is 5.11. The molecule has 4 rings (SSSR count). The first-order valence-electron chi connectivity index (χ1n) is 7.40. The molecule has 5 nitrogen and oxygen atoms in total. The van der Waals surface area contributed by atoms with E-state index in [1.54, 1.807) is 0 Å². The van der Waals surface area contributed by atoms with Gasteiger partial charge in [0.2, 0.25) is 5.91 Å². The molecule has 1 aromatic heterocycles. The second-order valence-electron chi connectivity index (χ2n) is 6.39. The van der Waals surface area contributed by atoms with E-state index >= 15 is 0 Å². The fourth-order valence-corrected chi connectivity index (χ4v) is 4.02. The number of H-pyrrole nitrogens is 1. The van der Waals surface area contributed by atoms with Crippen LogP contribution in [0, 0.1) is 11.2 Å². The van der Waals surface area contributed by atoms with Crippen molar-refractivity contribution in [3.8, 4) is 0 Å². The fourth-order valence-electron chi connectivity index (χ4n) is 4.02. The van der Waals surface area contributed by atoms with Gasteiger partial charge in [0.15, 0.2) is 0 Å². The number of hydrogen-bond donors (Lipinski definition) is 3. The minimum atomic E-state index is -0.668. The van der Waals surface area contributed by atoms with Gasteiger partial charge in [-0.25, -0.2) is 4.39 Å². The zero-order valence-electron chi connectivity index (χ0n) is 12.3.